The molecule has 1 aliphatic heterocycles. The molecule has 4 nitrogen and oxygen atoms in total. The maximum atomic E-state index is 12.5. The number of aromatic nitrogens is 1. The van der Waals surface area contributed by atoms with Crippen LogP contribution in [0.4, 0.5) is 5.82 Å². The molecule has 0 radical (unpaired) electrons. The van der Waals surface area contributed by atoms with E-state index in [2.05, 4.69) is 26.6 Å². The van der Waals surface area contributed by atoms with E-state index >= 15 is 0 Å². The molecule has 2 heterocycles. The number of anilines is 1. The Labute approximate surface area is 156 Å². The van der Waals surface area contributed by atoms with E-state index in [0.717, 1.165) is 21.5 Å². The second-order valence-corrected chi connectivity index (χ2v) is 7.88. The summed E-state index contributed by atoms with van der Waals surface area (Å²) in [5.41, 5.74) is 1.92. The molecule has 1 aromatic heterocycles. The third-order valence-corrected chi connectivity index (χ3v) is 5.69. The number of amides is 1. The summed E-state index contributed by atoms with van der Waals surface area (Å²) in [7, 11) is 0. The Hall–Kier alpha value is -1.96. The summed E-state index contributed by atoms with van der Waals surface area (Å²) in [6.07, 6.45) is -0.294. The number of hydrogen-bond donors (Lipinski definition) is 2. The fraction of sp³-hybridized carbons (Fsp3) is 0.0588. The summed E-state index contributed by atoms with van der Waals surface area (Å²) in [5, 5.41) is 6.40. The smallest absolute Gasteiger partial charge is 0.267 e. The van der Waals surface area contributed by atoms with Gasteiger partial charge in [-0.15, -0.1) is 0 Å². The van der Waals surface area contributed by atoms with Crippen molar-refractivity contribution in [1.29, 1.82) is 0 Å². The van der Waals surface area contributed by atoms with Crippen LogP contribution in [0.1, 0.15) is 21.4 Å². The van der Waals surface area contributed by atoms with Crippen molar-refractivity contribution in [3.05, 3.63) is 73.5 Å². The van der Waals surface area contributed by atoms with E-state index in [1.165, 1.54) is 11.3 Å². The van der Waals surface area contributed by atoms with Gasteiger partial charge in [0.15, 0.2) is 3.95 Å². The molecule has 2 N–H and O–H groups in total. The van der Waals surface area contributed by atoms with Gasteiger partial charge >= 0.3 is 0 Å². The van der Waals surface area contributed by atoms with Gasteiger partial charge in [0, 0.05) is 10.2 Å². The van der Waals surface area contributed by atoms with E-state index < -0.39 is 0 Å². The summed E-state index contributed by atoms with van der Waals surface area (Å²) >= 11 is 10.2. The topological polar surface area (TPSA) is 46.1 Å². The lowest BCUT2D eigenvalue weighted by molar-refractivity contribution is 0.0939. The lowest BCUT2D eigenvalue weighted by Crippen LogP contribution is -2.38. The Morgan fingerprint density at radius 1 is 1.04 bits per heavy atom. The average Bonchev–Trinajstić information content (AvgIpc) is 2.93. The highest BCUT2D eigenvalue weighted by atomic mass is 79.9. The van der Waals surface area contributed by atoms with E-state index in [4.69, 9.17) is 12.2 Å². The van der Waals surface area contributed by atoms with Gasteiger partial charge in [0.05, 0.1) is 0 Å². The lowest BCUT2D eigenvalue weighted by atomic mass is 10.1. The zero-order valence-electron chi connectivity index (χ0n) is 12.3. The van der Waals surface area contributed by atoms with E-state index in [1.807, 2.05) is 59.2 Å². The summed E-state index contributed by atoms with van der Waals surface area (Å²) in [6, 6.07) is 17.7. The minimum Gasteiger partial charge on any atom is -0.346 e. The minimum atomic E-state index is -0.294. The van der Waals surface area contributed by atoms with Crippen molar-refractivity contribution in [2.75, 3.05) is 5.32 Å². The number of rotatable bonds is 2. The van der Waals surface area contributed by atoms with Crippen LogP contribution in [0.3, 0.4) is 0 Å². The second kappa shape index (κ2) is 6.16. The van der Waals surface area contributed by atoms with Crippen molar-refractivity contribution in [3.63, 3.8) is 0 Å². The molecule has 0 bridgehead atoms. The van der Waals surface area contributed by atoms with Crippen LogP contribution < -0.4 is 10.6 Å². The predicted molar refractivity (Wildman–Crippen MR) is 102 cm³/mol. The van der Waals surface area contributed by atoms with Crippen LogP contribution >= 0.6 is 39.5 Å². The number of thiazole rings is 1. The number of carbonyl (C=O) groups excluding carboxylic acids is 1. The van der Waals surface area contributed by atoms with Gasteiger partial charge in [0.2, 0.25) is 0 Å². The van der Waals surface area contributed by atoms with E-state index in [-0.39, 0.29) is 12.1 Å². The van der Waals surface area contributed by atoms with Crippen LogP contribution in [0.15, 0.2) is 59.1 Å². The standard InChI is InChI=1S/C17H12BrN3OS2/c18-11-8-6-10(7-9-11)14-19-15-13(16(22)20-14)24-17(23)21(15)12-4-2-1-3-5-12/h1-9,14,19H,(H,20,22)/t14-/m0/s1. The van der Waals surface area contributed by atoms with Gasteiger partial charge in [-0.05, 0) is 42.0 Å². The van der Waals surface area contributed by atoms with Crippen LogP contribution in [0.25, 0.3) is 5.69 Å². The third kappa shape index (κ3) is 2.68. The zero-order valence-corrected chi connectivity index (χ0v) is 15.5. The molecule has 0 aliphatic carbocycles. The number of nitrogens with one attached hydrogen (secondary N) is 2. The number of halogens is 1. The molecule has 2 aromatic carbocycles. The van der Waals surface area contributed by atoms with Gasteiger partial charge in [-0.25, -0.2) is 0 Å². The Morgan fingerprint density at radius 3 is 2.46 bits per heavy atom. The number of carbonyl (C=O) groups is 1. The molecule has 1 amide bonds. The molecule has 0 fully saturated rings. The first-order chi connectivity index (χ1) is 11.6. The predicted octanol–water partition coefficient (Wildman–Crippen LogP) is 4.88. The van der Waals surface area contributed by atoms with Crippen LogP contribution in [0.2, 0.25) is 0 Å². The maximum absolute atomic E-state index is 12.5. The molecular formula is C17H12BrN3OS2. The molecule has 4 rings (SSSR count). The van der Waals surface area contributed by atoms with Gasteiger partial charge in [-0.1, -0.05) is 57.6 Å². The fourth-order valence-electron chi connectivity index (χ4n) is 2.66. The highest BCUT2D eigenvalue weighted by Gasteiger charge is 2.29. The van der Waals surface area contributed by atoms with Gasteiger partial charge in [-0.3, -0.25) is 9.36 Å². The Kier molecular flexibility index (Phi) is 3.99. The lowest BCUT2D eigenvalue weighted by Gasteiger charge is -2.27. The van der Waals surface area contributed by atoms with Crippen LogP contribution in [0.5, 0.6) is 0 Å². The van der Waals surface area contributed by atoms with Gasteiger partial charge in [0.25, 0.3) is 5.91 Å². The van der Waals surface area contributed by atoms with Gasteiger partial charge in [0.1, 0.15) is 16.9 Å². The molecule has 0 spiro atoms. The summed E-state index contributed by atoms with van der Waals surface area (Å²) in [6.45, 7) is 0. The zero-order chi connectivity index (χ0) is 16.7. The SMILES string of the molecule is O=C1N[C@@H](c2ccc(Br)cc2)Nc2c1sc(=S)n2-c1ccccc1. The Morgan fingerprint density at radius 2 is 1.75 bits per heavy atom. The quantitative estimate of drug-likeness (QED) is 0.583. The molecule has 1 atom stereocenters. The number of hydrogen-bond acceptors (Lipinski definition) is 4. The van der Waals surface area contributed by atoms with E-state index in [1.54, 1.807) is 0 Å². The largest absolute Gasteiger partial charge is 0.346 e. The van der Waals surface area contributed by atoms with Crippen LogP contribution in [-0.2, 0) is 0 Å². The number of fused-ring (bicyclic) bond motifs is 1. The number of benzene rings is 2. The molecule has 0 saturated heterocycles. The van der Waals surface area contributed by atoms with Gasteiger partial charge in [-0.2, -0.15) is 0 Å². The number of para-hydroxylation sites is 1. The highest BCUT2D eigenvalue weighted by Crippen LogP contribution is 2.34. The first-order valence-electron chi connectivity index (χ1n) is 7.27. The van der Waals surface area contributed by atoms with Gasteiger partial charge < -0.3 is 10.6 Å². The number of nitrogens with zero attached hydrogens (tertiary/aromatic N) is 1. The summed E-state index contributed by atoms with van der Waals surface area (Å²) in [5.74, 6) is 0.635. The molecule has 120 valence electrons. The first kappa shape index (κ1) is 15.6. The monoisotopic (exact) mass is 417 g/mol. The Balaban J connectivity index is 1.80. The highest BCUT2D eigenvalue weighted by molar-refractivity contribution is 9.10. The van der Waals surface area contributed by atoms with E-state index in [9.17, 15) is 4.79 Å². The molecule has 3 aromatic rings. The van der Waals surface area contributed by atoms with Crippen molar-refractivity contribution >= 4 is 51.2 Å². The summed E-state index contributed by atoms with van der Waals surface area (Å²) < 4.78 is 3.56. The van der Waals surface area contributed by atoms with Crippen molar-refractivity contribution in [3.8, 4) is 5.69 Å². The molecule has 1 aliphatic rings. The van der Waals surface area contributed by atoms with Crippen molar-refractivity contribution in [2.24, 2.45) is 0 Å². The van der Waals surface area contributed by atoms with Crippen molar-refractivity contribution in [2.45, 2.75) is 6.17 Å². The second-order valence-electron chi connectivity index (χ2n) is 5.32. The van der Waals surface area contributed by atoms with Crippen molar-refractivity contribution < 1.29 is 4.79 Å². The maximum Gasteiger partial charge on any atom is 0.267 e. The molecule has 7 heteroatoms. The average molecular weight is 418 g/mol. The first-order valence-corrected chi connectivity index (χ1v) is 9.29. The van der Waals surface area contributed by atoms with E-state index in [0.29, 0.717) is 8.83 Å². The third-order valence-electron chi connectivity index (χ3n) is 3.79. The Bertz CT molecular complexity index is 964. The molecule has 24 heavy (non-hydrogen) atoms. The normalized spacial score (nSPS) is 16.2. The molecule has 0 saturated carbocycles. The minimum absolute atomic E-state index is 0.109. The molecule has 0 unspecified atom stereocenters. The summed E-state index contributed by atoms with van der Waals surface area (Å²) in [4.78, 5) is 13.1. The van der Waals surface area contributed by atoms with Crippen LogP contribution in [0, 0.1) is 3.95 Å². The molecular weight excluding hydrogens is 406 g/mol. The van der Waals surface area contributed by atoms with Crippen molar-refractivity contribution in [1.82, 2.24) is 9.88 Å². The fourth-order valence-corrected chi connectivity index (χ4v) is 4.23. The van der Waals surface area contributed by atoms with Crippen LogP contribution in [-0.4, -0.2) is 10.5 Å².